The average Bonchev–Trinajstić information content (AvgIpc) is 3.81. The Balaban J connectivity index is 1.72. The molecule has 3 heterocycles. The molecule has 0 bridgehead atoms. The Bertz CT molecular complexity index is 1430. The van der Waals surface area contributed by atoms with Crippen molar-refractivity contribution in [2.24, 2.45) is 10.4 Å². The number of anilines is 1. The van der Waals surface area contributed by atoms with Crippen LogP contribution in [0.4, 0.5) is 5.69 Å². The molecule has 1 saturated heterocycles. The number of methoxy groups -OCH3 is 1. The highest BCUT2D eigenvalue weighted by molar-refractivity contribution is 7.83. The lowest BCUT2D eigenvalue weighted by molar-refractivity contribution is 0.116. The van der Waals surface area contributed by atoms with Gasteiger partial charge in [0.2, 0.25) is 0 Å². The number of benzene rings is 1. The standard InChI is InChI=1S/C33H45N5O2S/c1-7-38-30-11-8-23(29(20-41)34-5)16-26(30)28(18-33(3,4)21-39)32(38)27-17-25(19-35-31(27)22(2)40-6)37-14-12-36(13-15-37)24-9-10-24/h8,11,16-17,19-20,22,24,39,41H,5,7,9-10,12-15,18,21H2,1-4,6H3/b29-20-. The number of hydrogen-bond acceptors (Lipinski definition) is 7. The molecule has 1 aliphatic heterocycles. The Hall–Kier alpha value is -2.65. The molecule has 2 aromatic heterocycles. The molecular formula is C33H45N5O2S. The van der Waals surface area contributed by atoms with E-state index in [4.69, 9.17) is 9.72 Å². The molecular weight excluding hydrogens is 530 g/mol. The van der Waals surface area contributed by atoms with Crippen LogP contribution in [0.15, 0.2) is 40.9 Å². The fourth-order valence-electron chi connectivity index (χ4n) is 6.19. The first-order valence-corrected chi connectivity index (χ1v) is 15.4. The summed E-state index contributed by atoms with van der Waals surface area (Å²) in [6, 6.07) is 9.57. The maximum absolute atomic E-state index is 10.3. The number of aliphatic hydroxyl groups is 1. The summed E-state index contributed by atoms with van der Waals surface area (Å²) in [6.07, 6.45) is 5.25. The van der Waals surface area contributed by atoms with E-state index in [0.29, 0.717) is 6.42 Å². The molecule has 0 radical (unpaired) electrons. The second-order valence-electron chi connectivity index (χ2n) is 12.2. The molecule has 0 amide bonds. The predicted octanol–water partition coefficient (Wildman–Crippen LogP) is 6.20. The minimum absolute atomic E-state index is 0.0891. The molecule has 7 nitrogen and oxygen atoms in total. The van der Waals surface area contributed by atoms with Crippen LogP contribution in [-0.2, 0) is 17.7 Å². The van der Waals surface area contributed by atoms with Gasteiger partial charge in [0.25, 0.3) is 0 Å². The van der Waals surface area contributed by atoms with Crippen molar-refractivity contribution in [2.75, 3.05) is 44.8 Å². The van der Waals surface area contributed by atoms with Crippen molar-refractivity contribution in [1.29, 1.82) is 0 Å². The number of fused-ring (bicyclic) bond motifs is 1. The lowest BCUT2D eigenvalue weighted by Gasteiger charge is -2.36. The fraction of sp³-hybridized carbons (Fsp3) is 0.515. The van der Waals surface area contributed by atoms with Crippen molar-refractivity contribution in [3.63, 3.8) is 0 Å². The molecule has 1 aliphatic carbocycles. The van der Waals surface area contributed by atoms with Crippen LogP contribution < -0.4 is 4.90 Å². The smallest absolute Gasteiger partial charge is 0.0969 e. The Morgan fingerprint density at radius 1 is 1.24 bits per heavy atom. The summed E-state index contributed by atoms with van der Waals surface area (Å²) in [6.45, 7) is 17.3. The van der Waals surface area contributed by atoms with Crippen LogP contribution in [0.25, 0.3) is 27.9 Å². The molecule has 1 N–H and O–H groups in total. The Kier molecular flexibility index (Phi) is 8.95. The highest BCUT2D eigenvalue weighted by atomic mass is 32.1. The number of piperazine rings is 1. The van der Waals surface area contributed by atoms with E-state index in [0.717, 1.165) is 83.6 Å². The monoisotopic (exact) mass is 575 g/mol. The fourth-order valence-corrected chi connectivity index (χ4v) is 6.42. The quantitative estimate of drug-likeness (QED) is 0.210. The van der Waals surface area contributed by atoms with Gasteiger partial charge in [0, 0.05) is 74.5 Å². The maximum Gasteiger partial charge on any atom is 0.0969 e. The number of aliphatic imine (C=N–C) groups is 1. The first-order chi connectivity index (χ1) is 19.7. The number of aromatic nitrogens is 2. The van der Waals surface area contributed by atoms with Crippen LogP contribution in [0.3, 0.4) is 0 Å². The number of ether oxygens (including phenoxy) is 1. The van der Waals surface area contributed by atoms with Gasteiger partial charge in [-0.15, -0.1) is 12.6 Å². The molecule has 0 spiro atoms. The summed E-state index contributed by atoms with van der Waals surface area (Å²) in [4.78, 5) is 14.4. The van der Waals surface area contributed by atoms with E-state index in [1.165, 1.54) is 18.4 Å². The van der Waals surface area contributed by atoms with Gasteiger partial charge in [-0.25, -0.2) is 0 Å². The molecule has 1 aromatic carbocycles. The van der Waals surface area contributed by atoms with E-state index in [1.54, 1.807) is 12.5 Å². The van der Waals surface area contributed by atoms with E-state index in [1.807, 2.05) is 6.20 Å². The van der Waals surface area contributed by atoms with Gasteiger partial charge < -0.3 is 19.3 Å². The summed E-state index contributed by atoms with van der Waals surface area (Å²) in [5.74, 6) is 0. The van der Waals surface area contributed by atoms with Gasteiger partial charge in [0.05, 0.1) is 35.1 Å². The van der Waals surface area contributed by atoms with Gasteiger partial charge in [-0.3, -0.25) is 14.9 Å². The SMILES string of the molecule is C=N/C(=C\S)c1ccc2c(c1)c(CC(C)(C)CO)c(-c1cc(N3CCN(C4CC4)CC3)cnc1C(C)OC)n2CC. The van der Waals surface area contributed by atoms with Crippen LogP contribution in [-0.4, -0.2) is 72.2 Å². The first-order valence-electron chi connectivity index (χ1n) is 14.8. The van der Waals surface area contributed by atoms with Crippen LogP contribution >= 0.6 is 12.6 Å². The molecule has 2 fully saturated rings. The van der Waals surface area contributed by atoms with Crippen molar-refractivity contribution in [3.05, 3.63) is 52.7 Å². The van der Waals surface area contributed by atoms with Crippen molar-refractivity contribution in [1.82, 2.24) is 14.5 Å². The number of hydrogen-bond donors (Lipinski definition) is 2. The van der Waals surface area contributed by atoms with Crippen molar-refractivity contribution >= 4 is 41.6 Å². The number of nitrogens with zero attached hydrogens (tertiary/aromatic N) is 5. The van der Waals surface area contributed by atoms with E-state index >= 15 is 0 Å². The zero-order valence-corrected chi connectivity index (χ0v) is 26.1. The number of rotatable bonds is 11. The molecule has 5 rings (SSSR count). The topological polar surface area (TPSA) is 66.1 Å². The van der Waals surface area contributed by atoms with E-state index in [2.05, 4.69) is 90.7 Å². The predicted molar refractivity (Wildman–Crippen MR) is 174 cm³/mol. The minimum Gasteiger partial charge on any atom is -0.396 e. The number of aryl methyl sites for hydroxylation is 1. The Labute approximate surface area is 250 Å². The van der Waals surface area contributed by atoms with Gasteiger partial charge >= 0.3 is 0 Å². The number of aliphatic hydroxyl groups excluding tert-OH is 1. The Morgan fingerprint density at radius 3 is 2.56 bits per heavy atom. The third kappa shape index (κ3) is 5.98. The Morgan fingerprint density at radius 2 is 1.98 bits per heavy atom. The summed E-state index contributed by atoms with van der Waals surface area (Å²) < 4.78 is 8.25. The zero-order valence-electron chi connectivity index (χ0n) is 25.2. The summed E-state index contributed by atoms with van der Waals surface area (Å²) in [5.41, 5.74) is 8.06. The average molecular weight is 576 g/mol. The van der Waals surface area contributed by atoms with Gasteiger partial charge in [0.1, 0.15) is 0 Å². The highest BCUT2D eigenvalue weighted by Gasteiger charge is 2.32. The first kappa shape index (κ1) is 29.8. The lowest BCUT2D eigenvalue weighted by Crippen LogP contribution is -2.47. The molecule has 1 unspecified atom stereocenters. The normalized spacial score (nSPS) is 17.8. The molecule has 8 heteroatoms. The largest absolute Gasteiger partial charge is 0.396 e. The van der Waals surface area contributed by atoms with E-state index in [9.17, 15) is 5.11 Å². The molecule has 3 aromatic rings. The molecule has 1 saturated carbocycles. The second-order valence-corrected chi connectivity index (χ2v) is 12.5. The number of pyridine rings is 1. The second kappa shape index (κ2) is 12.3. The summed E-state index contributed by atoms with van der Waals surface area (Å²) in [5, 5.41) is 13.2. The van der Waals surface area contributed by atoms with Gasteiger partial charge in [0.15, 0.2) is 0 Å². The van der Waals surface area contributed by atoms with Crippen molar-refractivity contribution in [2.45, 2.75) is 65.6 Å². The maximum atomic E-state index is 10.3. The van der Waals surface area contributed by atoms with Crippen LogP contribution in [0.1, 0.15) is 63.5 Å². The van der Waals surface area contributed by atoms with Crippen molar-refractivity contribution in [3.8, 4) is 11.3 Å². The summed E-state index contributed by atoms with van der Waals surface area (Å²) in [7, 11) is 1.74. The molecule has 2 aliphatic rings. The van der Waals surface area contributed by atoms with E-state index < -0.39 is 0 Å². The third-order valence-corrected chi connectivity index (χ3v) is 9.04. The summed E-state index contributed by atoms with van der Waals surface area (Å²) >= 11 is 4.38. The van der Waals surface area contributed by atoms with Crippen LogP contribution in [0.5, 0.6) is 0 Å². The third-order valence-electron chi connectivity index (χ3n) is 8.80. The van der Waals surface area contributed by atoms with Crippen LogP contribution in [0, 0.1) is 5.41 Å². The number of thiol groups is 1. The molecule has 1 atom stereocenters. The molecule has 220 valence electrons. The lowest BCUT2D eigenvalue weighted by atomic mass is 9.84. The van der Waals surface area contributed by atoms with Crippen LogP contribution in [0.2, 0.25) is 0 Å². The molecule has 41 heavy (non-hydrogen) atoms. The van der Waals surface area contributed by atoms with Gasteiger partial charge in [-0.2, -0.15) is 0 Å². The van der Waals surface area contributed by atoms with Gasteiger partial charge in [-0.05, 0) is 74.4 Å². The van der Waals surface area contributed by atoms with E-state index in [-0.39, 0.29) is 18.1 Å². The van der Waals surface area contributed by atoms with Crippen molar-refractivity contribution < 1.29 is 9.84 Å². The highest BCUT2D eigenvalue weighted by Crippen LogP contribution is 2.42. The zero-order chi connectivity index (χ0) is 29.3. The minimum atomic E-state index is -0.312. The van der Waals surface area contributed by atoms with Gasteiger partial charge in [-0.1, -0.05) is 19.9 Å².